The van der Waals surface area contributed by atoms with Crippen molar-refractivity contribution in [3.05, 3.63) is 65.3 Å². The van der Waals surface area contributed by atoms with Crippen LogP contribution in [0.5, 0.6) is 0 Å². The third kappa shape index (κ3) is 1.37. The van der Waals surface area contributed by atoms with Crippen molar-refractivity contribution in [2.45, 2.75) is 32.1 Å². The van der Waals surface area contributed by atoms with Crippen LogP contribution >= 0.6 is 0 Å². The van der Waals surface area contributed by atoms with Crippen molar-refractivity contribution in [3.63, 3.8) is 0 Å². The Morgan fingerprint density at radius 3 is 2.82 bits per heavy atom. The van der Waals surface area contributed by atoms with Gasteiger partial charge in [-0.05, 0) is 35.1 Å². The van der Waals surface area contributed by atoms with E-state index in [1.807, 2.05) is 0 Å². The minimum atomic E-state index is 0.227. The van der Waals surface area contributed by atoms with E-state index in [-0.39, 0.29) is 5.41 Å². The molecule has 1 aromatic carbocycles. The highest BCUT2D eigenvalue weighted by Gasteiger charge is 2.38. The fourth-order valence-corrected chi connectivity index (χ4v) is 3.17. The highest BCUT2D eigenvalue weighted by atomic mass is 14.4. The van der Waals surface area contributed by atoms with E-state index in [0.717, 1.165) is 6.42 Å². The highest BCUT2D eigenvalue weighted by molar-refractivity contribution is 5.86. The van der Waals surface area contributed by atoms with Gasteiger partial charge in [-0.25, -0.2) is 0 Å². The summed E-state index contributed by atoms with van der Waals surface area (Å²) in [7, 11) is 0. The second kappa shape index (κ2) is 3.73. The van der Waals surface area contributed by atoms with E-state index in [0.29, 0.717) is 0 Å². The van der Waals surface area contributed by atoms with Crippen LogP contribution in [0.2, 0.25) is 0 Å². The van der Waals surface area contributed by atoms with E-state index in [2.05, 4.69) is 62.4 Å². The average molecular weight is 222 g/mol. The van der Waals surface area contributed by atoms with Gasteiger partial charge in [0.2, 0.25) is 0 Å². The molecule has 1 aromatic rings. The molecule has 0 bridgehead atoms. The zero-order valence-electron chi connectivity index (χ0n) is 10.5. The maximum absolute atomic E-state index is 2.39. The van der Waals surface area contributed by atoms with Crippen molar-refractivity contribution in [2.24, 2.45) is 0 Å². The second-order valence-electron chi connectivity index (χ2n) is 5.11. The van der Waals surface area contributed by atoms with Gasteiger partial charge in [0.25, 0.3) is 0 Å². The molecule has 0 radical (unpaired) electrons. The zero-order chi connectivity index (χ0) is 11.9. The summed E-state index contributed by atoms with van der Waals surface area (Å²) in [6.45, 7) is 4.69. The Hall–Kier alpha value is -1.56. The highest BCUT2D eigenvalue weighted by Crippen LogP contribution is 2.50. The topological polar surface area (TPSA) is 0 Å². The van der Waals surface area contributed by atoms with Gasteiger partial charge in [-0.2, -0.15) is 0 Å². The van der Waals surface area contributed by atoms with Crippen LogP contribution in [0.1, 0.15) is 37.8 Å². The molecule has 86 valence electrons. The SMILES string of the molecule is CCC1(C)C2=C(C=CC=CC2)c2ccccc21. The van der Waals surface area contributed by atoms with Gasteiger partial charge < -0.3 is 0 Å². The first kappa shape index (κ1) is 10.6. The van der Waals surface area contributed by atoms with E-state index >= 15 is 0 Å². The largest absolute Gasteiger partial charge is 0.0804 e. The van der Waals surface area contributed by atoms with Gasteiger partial charge in [-0.3, -0.25) is 0 Å². The van der Waals surface area contributed by atoms with Gasteiger partial charge in [-0.1, -0.05) is 62.4 Å². The standard InChI is InChI=1S/C17H18/c1-3-17(2)15-11-6-4-5-9-13(15)14-10-7-8-12-16(14)17/h4-10,12H,3,11H2,1-2H3. The lowest BCUT2D eigenvalue weighted by Gasteiger charge is -2.28. The van der Waals surface area contributed by atoms with Crippen LogP contribution in [-0.4, -0.2) is 0 Å². The van der Waals surface area contributed by atoms with Crippen molar-refractivity contribution >= 4 is 5.57 Å². The molecule has 0 heterocycles. The fraction of sp³-hybridized carbons (Fsp3) is 0.294. The van der Waals surface area contributed by atoms with E-state index in [4.69, 9.17) is 0 Å². The number of hydrogen-bond acceptors (Lipinski definition) is 0. The summed E-state index contributed by atoms with van der Waals surface area (Å²) >= 11 is 0. The molecule has 0 saturated carbocycles. The lowest BCUT2D eigenvalue weighted by atomic mass is 9.76. The fourth-order valence-electron chi connectivity index (χ4n) is 3.17. The van der Waals surface area contributed by atoms with Gasteiger partial charge in [0, 0.05) is 5.41 Å². The molecule has 17 heavy (non-hydrogen) atoms. The van der Waals surface area contributed by atoms with E-state index in [9.17, 15) is 0 Å². The second-order valence-corrected chi connectivity index (χ2v) is 5.11. The molecule has 2 aliphatic carbocycles. The maximum atomic E-state index is 2.39. The Bertz CT molecular complexity index is 543. The molecular formula is C17H18. The van der Waals surface area contributed by atoms with Crippen LogP contribution in [0.15, 0.2) is 54.1 Å². The summed E-state index contributed by atoms with van der Waals surface area (Å²) in [5, 5.41) is 0. The monoisotopic (exact) mass is 222 g/mol. The van der Waals surface area contributed by atoms with Gasteiger partial charge in [-0.15, -0.1) is 0 Å². The number of benzene rings is 1. The van der Waals surface area contributed by atoms with Gasteiger partial charge in [0.1, 0.15) is 0 Å². The number of fused-ring (bicyclic) bond motifs is 2. The summed E-state index contributed by atoms with van der Waals surface area (Å²) in [5.41, 5.74) is 6.21. The lowest BCUT2D eigenvalue weighted by Crippen LogP contribution is -2.20. The Morgan fingerprint density at radius 2 is 2.00 bits per heavy atom. The molecule has 0 nitrogen and oxygen atoms in total. The van der Waals surface area contributed by atoms with Gasteiger partial charge in [0.15, 0.2) is 0 Å². The van der Waals surface area contributed by atoms with Gasteiger partial charge in [0.05, 0.1) is 0 Å². The predicted molar refractivity (Wildman–Crippen MR) is 73.9 cm³/mol. The number of hydrogen-bond donors (Lipinski definition) is 0. The first-order valence-electron chi connectivity index (χ1n) is 6.44. The quantitative estimate of drug-likeness (QED) is 0.649. The van der Waals surface area contributed by atoms with Crippen LogP contribution in [0.4, 0.5) is 0 Å². The van der Waals surface area contributed by atoms with Crippen LogP contribution in [-0.2, 0) is 5.41 Å². The summed E-state index contributed by atoms with van der Waals surface area (Å²) in [6, 6.07) is 8.88. The Balaban J connectivity index is 2.28. The maximum Gasteiger partial charge on any atom is 0.0149 e. The van der Waals surface area contributed by atoms with Crippen LogP contribution in [0.3, 0.4) is 0 Å². The molecule has 3 rings (SSSR count). The molecule has 1 unspecified atom stereocenters. The first-order valence-corrected chi connectivity index (χ1v) is 6.44. The predicted octanol–water partition coefficient (Wildman–Crippen LogP) is 4.64. The summed E-state index contributed by atoms with van der Waals surface area (Å²) in [5.74, 6) is 0. The Kier molecular flexibility index (Phi) is 2.32. The van der Waals surface area contributed by atoms with E-state index in [1.54, 1.807) is 5.57 Å². The Labute approximate surface area is 103 Å². The summed E-state index contributed by atoms with van der Waals surface area (Å²) < 4.78 is 0. The minimum absolute atomic E-state index is 0.227. The van der Waals surface area contributed by atoms with E-state index < -0.39 is 0 Å². The molecule has 0 fully saturated rings. The Morgan fingerprint density at radius 1 is 1.18 bits per heavy atom. The molecular weight excluding hydrogens is 204 g/mol. The number of rotatable bonds is 1. The average Bonchev–Trinajstić information content (AvgIpc) is 2.55. The zero-order valence-corrected chi connectivity index (χ0v) is 10.5. The molecule has 0 spiro atoms. The molecule has 0 aromatic heterocycles. The number of allylic oxidation sites excluding steroid dienone is 6. The summed E-state index contributed by atoms with van der Waals surface area (Å²) in [6.07, 6.45) is 11.1. The molecule has 1 atom stereocenters. The van der Waals surface area contributed by atoms with Crippen molar-refractivity contribution in [1.29, 1.82) is 0 Å². The minimum Gasteiger partial charge on any atom is -0.0804 e. The molecule has 0 saturated heterocycles. The first-order chi connectivity index (χ1) is 8.27. The smallest absolute Gasteiger partial charge is 0.0149 e. The van der Waals surface area contributed by atoms with Crippen molar-refractivity contribution < 1.29 is 0 Å². The molecule has 0 heteroatoms. The van der Waals surface area contributed by atoms with Crippen LogP contribution < -0.4 is 0 Å². The van der Waals surface area contributed by atoms with Crippen molar-refractivity contribution in [1.82, 2.24) is 0 Å². The lowest BCUT2D eigenvalue weighted by molar-refractivity contribution is 0.539. The normalized spacial score (nSPS) is 25.8. The van der Waals surface area contributed by atoms with Crippen molar-refractivity contribution in [2.75, 3.05) is 0 Å². The van der Waals surface area contributed by atoms with Crippen LogP contribution in [0.25, 0.3) is 5.57 Å². The van der Waals surface area contributed by atoms with Crippen LogP contribution in [0, 0.1) is 0 Å². The summed E-state index contributed by atoms with van der Waals surface area (Å²) in [4.78, 5) is 0. The molecule has 0 amide bonds. The van der Waals surface area contributed by atoms with E-state index in [1.165, 1.54) is 23.1 Å². The third-order valence-corrected chi connectivity index (χ3v) is 4.34. The molecule has 0 N–H and O–H groups in total. The molecule has 2 aliphatic rings. The van der Waals surface area contributed by atoms with Gasteiger partial charge >= 0.3 is 0 Å². The van der Waals surface area contributed by atoms with Crippen molar-refractivity contribution in [3.8, 4) is 0 Å². The molecule has 0 aliphatic heterocycles. The third-order valence-electron chi connectivity index (χ3n) is 4.34.